The van der Waals surface area contributed by atoms with Crippen molar-refractivity contribution in [1.29, 1.82) is 0 Å². The van der Waals surface area contributed by atoms with E-state index in [1.165, 1.54) is 26.2 Å². The van der Waals surface area contributed by atoms with E-state index in [-0.39, 0.29) is 53.1 Å². The molecule has 10 atom stereocenters. The average molecular weight is 631 g/mol. The minimum atomic E-state index is -0.204. The van der Waals surface area contributed by atoms with E-state index in [9.17, 15) is 14.4 Å². The van der Waals surface area contributed by atoms with Gasteiger partial charge in [0.05, 0.1) is 27.2 Å². The first-order valence-corrected chi connectivity index (χ1v) is 18.0. The Balaban J connectivity index is 1.23. The van der Waals surface area contributed by atoms with Gasteiger partial charge in [-0.3, -0.25) is 24.2 Å². The van der Waals surface area contributed by atoms with Gasteiger partial charge in [-0.25, -0.2) is 0 Å². The number of quaternary nitrogens is 1. The summed E-state index contributed by atoms with van der Waals surface area (Å²) in [6.07, 6.45) is 9.35. The summed E-state index contributed by atoms with van der Waals surface area (Å²) in [5.41, 5.74) is 0.190. The number of carbonyl (C=O) groups is 3. The number of nitrogens with zero attached hydrogens (tertiary/aromatic N) is 3. The van der Waals surface area contributed by atoms with Crippen LogP contribution in [-0.4, -0.2) is 116 Å². The Bertz CT molecular complexity index is 1130. The highest BCUT2D eigenvalue weighted by Crippen LogP contribution is 2.67. The number of likely N-dealkylation sites (N-methyl/N-ethyl adjacent to an activating group) is 1. The number of rotatable bonds is 5. The van der Waals surface area contributed by atoms with E-state index < -0.39 is 0 Å². The number of piperazine rings is 1. The Morgan fingerprint density at radius 3 is 1.93 bits per heavy atom. The molecule has 45 heavy (non-hydrogen) atoms. The van der Waals surface area contributed by atoms with Gasteiger partial charge in [-0.2, -0.15) is 0 Å². The molecular weight excluding hydrogens is 570 g/mol. The van der Waals surface area contributed by atoms with Gasteiger partial charge >= 0.3 is 17.9 Å². The molecule has 0 aromatic carbocycles. The molecule has 0 radical (unpaired) electrons. The van der Waals surface area contributed by atoms with Crippen LogP contribution in [0.2, 0.25) is 0 Å². The standard InChI is InChI=1S/C36H60N3O6/c1-23(40)43-27-11-14-37(15-12-27)32-22-36(5)26(20-33(32)44-24(2)41)8-9-28-29(36)10-13-35(4)30(28)21-31(34(35)45-25(3)42)38-16-18-39(6,7)19-17-38/h26-34H,8-22H2,1-7H3/q+1/t26?,28-,29-,30+,31?,32?,33?,34?,35+,36+/m1/s1. The van der Waals surface area contributed by atoms with Crippen molar-refractivity contribution in [3.63, 3.8) is 0 Å². The lowest BCUT2D eigenvalue weighted by Gasteiger charge is -2.62. The molecule has 2 aliphatic heterocycles. The van der Waals surface area contributed by atoms with Gasteiger partial charge in [0.1, 0.15) is 18.3 Å². The normalized spacial score (nSPS) is 43.8. The van der Waals surface area contributed by atoms with E-state index in [0.29, 0.717) is 29.7 Å². The van der Waals surface area contributed by atoms with Crippen LogP contribution >= 0.6 is 0 Å². The Labute approximate surface area is 271 Å². The van der Waals surface area contributed by atoms with Crippen molar-refractivity contribution in [3.8, 4) is 0 Å². The van der Waals surface area contributed by atoms with E-state index in [4.69, 9.17) is 14.2 Å². The van der Waals surface area contributed by atoms with Gasteiger partial charge in [0.25, 0.3) is 0 Å². The Morgan fingerprint density at radius 2 is 1.31 bits per heavy atom. The second-order valence-corrected chi connectivity index (χ2v) is 17.0. The fraction of sp³-hybridized carbons (Fsp3) is 0.917. The first kappa shape index (κ1) is 33.2. The van der Waals surface area contributed by atoms with Crippen molar-refractivity contribution in [2.75, 3.05) is 53.4 Å². The van der Waals surface area contributed by atoms with Crippen molar-refractivity contribution in [3.05, 3.63) is 0 Å². The van der Waals surface area contributed by atoms with Crippen LogP contribution in [0.25, 0.3) is 0 Å². The zero-order valence-corrected chi connectivity index (χ0v) is 29.1. The van der Waals surface area contributed by atoms with E-state index in [2.05, 4.69) is 37.7 Å². The lowest BCUT2D eigenvalue weighted by Crippen LogP contribution is -2.61. The van der Waals surface area contributed by atoms with Gasteiger partial charge < -0.3 is 18.7 Å². The van der Waals surface area contributed by atoms with Gasteiger partial charge in [-0.1, -0.05) is 13.8 Å². The molecule has 5 unspecified atom stereocenters. The number of esters is 3. The van der Waals surface area contributed by atoms with Gasteiger partial charge in [0.2, 0.25) is 0 Å². The van der Waals surface area contributed by atoms with Crippen LogP contribution in [0.15, 0.2) is 0 Å². The predicted octanol–water partition coefficient (Wildman–Crippen LogP) is 4.27. The summed E-state index contributed by atoms with van der Waals surface area (Å²) in [7, 11) is 4.65. The quantitative estimate of drug-likeness (QED) is 0.253. The monoisotopic (exact) mass is 630 g/mol. The first-order chi connectivity index (χ1) is 21.2. The van der Waals surface area contributed by atoms with Crippen molar-refractivity contribution < 1.29 is 33.1 Å². The van der Waals surface area contributed by atoms with E-state index >= 15 is 0 Å². The number of piperidine rings is 1. The fourth-order valence-corrected chi connectivity index (χ4v) is 11.6. The number of hydrogen-bond donors (Lipinski definition) is 0. The molecule has 6 aliphatic rings. The first-order valence-electron chi connectivity index (χ1n) is 18.0. The van der Waals surface area contributed by atoms with Crippen LogP contribution in [0.3, 0.4) is 0 Å². The van der Waals surface area contributed by atoms with Crippen LogP contribution in [-0.2, 0) is 28.6 Å². The van der Waals surface area contributed by atoms with Crippen LogP contribution in [0.5, 0.6) is 0 Å². The van der Waals surface area contributed by atoms with Gasteiger partial charge in [-0.15, -0.1) is 0 Å². The molecule has 2 heterocycles. The minimum Gasteiger partial charge on any atom is -0.462 e. The molecule has 2 saturated heterocycles. The van der Waals surface area contributed by atoms with Crippen molar-refractivity contribution >= 4 is 17.9 Å². The van der Waals surface area contributed by atoms with E-state index in [1.807, 2.05) is 0 Å². The molecule has 0 bridgehead atoms. The molecule has 0 spiro atoms. The van der Waals surface area contributed by atoms with Crippen molar-refractivity contribution in [2.24, 2.45) is 34.5 Å². The molecule has 4 saturated carbocycles. The fourth-order valence-electron chi connectivity index (χ4n) is 11.6. The van der Waals surface area contributed by atoms with Crippen molar-refractivity contribution in [2.45, 2.75) is 123 Å². The molecule has 0 aromatic heterocycles. The second kappa shape index (κ2) is 12.4. The number of likely N-dealkylation sites (tertiary alicyclic amines) is 1. The SMILES string of the molecule is CC(=O)OC1CCN(C2C[C@@]3(C)C(CC[C@@H]4[C@H]3CC[C@]3(C)C(OC(C)=O)C(N5CC[N+](C)(C)CC5)C[C@@H]43)CC2OC(C)=O)CC1. The maximum absolute atomic E-state index is 12.5. The summed E-state index contributed by atoms with van der Waals surface area (Å²) in [4.78, 5) is 41.6. The largest absolute Gasteiger partial charge is 0.462 e. The van der Waals surface area contributed by atoms with Gasteiger partial charge in [-0.05, 0) is 86.9 Å². The highest BCUT2D eigenvalue weighted by molar-refractivity contribution is 5.67. The second-order valence-electron chi connectivity index (χ2n) is 17.0. The minimum absolute atomic E-state index is 0.00939. The summed E-state index contributed by atoms with van der Waals surface area (Å²) >= 11 is 0. The molecule has 9 nitrogen and oxygen atoms in total. The Kier molecular flexibility index (Phi) is 9.14. The van der Waals surface area contributed by atoms with Crippen LogP contribution in [0, 0.1) is 34.5 Å². The molecule has 0 aromatic rings. The maximum Gasteiger partial charge on any atom is 0.302 e. The highest BCUT2D eigenvalue weighted by Gasteiger charge is 2.65. The number of fused-ring (bicyclic) bond motifs is 5. The average Bonchev–Trinajstić information content (AvgIpc) is 3.24. The molecular formula is C36H60N3O6+. The molecule has 0 N–H and O–H groups in total. The summed E-state index contributed by atoms with van der Waals surface area (Å²) in [5, 5.41) is 0. The smallest absolute Gasteiger partial charge is 0.302 e. The molecule has 9 heteroatoms. The third kappa shape index (κ3) is 6.31. The third-order valence-electron chi connectivity index (χ3n) is 13.9. The maximum atomic E-state index is 12.5. The lowest BCUT2D eigenvalue weighted by molar-refractivity contribution is -0.894. The summed E-state index contributed by atoms with van der Waals surface area (Å²) in [6.45, 7) is 15.8. The Hall–Kier alpha value is -1.71. The van der Waals surface area contributed by atoms with Gasteiger partial charge in [0.15, 0.2) is 0 Å². The molecule has 6 rings (SSSR count). The van der Waals surface area contributed by atoms with E-state index in [1.54, 1.807) is 13.8 Å². The predicted molar refractivity (Wildman–Crippen MR) is 171 cm³/mol. The molecule has 0 amide bonds. The van der Waals surface area contributed by atoms with Crippen LogP contribution in [0.1, 0.15) is 92.4 Å². The third-order valence-corrected chi connectivity index (χ3v) is 13.9. The summed E-state index contributed by atoms with van der Waals surface area (Å²) < 4.78 is 19.0. The number of hydrogen-bond acceptors (Lipinski definition) is 8. The zero-order valence-electron chi connectivity index (χ0n) is 29.1. The number of carbonyl (C=O) groups excluding carboxylic acids is 3. The van der Waals surface area contributed by atoms with Crippen LogP contribution < -0.4 is 0 Å². The van der Waals surface area contributed by atoms with Crippen molar-refractivity contribution in [1.82, 2.24) is 9.80 Å². The molecule has 4 aliphatic carbocycles. The molecule has 254 valence electrons. The molecule has 6 fully saturated rings. The topological polar surface area (TPSA) is 85.4 Å². The lowest BCUT2D eigenvalue weighted by atomic mass is 9.44. The zero-order chi connectivity index (χ0) is 32.3. The number of ether oxygens (including phenoxy) is 3. The Morgan fingerprint density at radius 1 is 0.689 bits per heavy atom. The summed E-state index contributed by atoms with van der Waals surface area (Å²) in [5.74, 6) is 1.84. The van der Waals surface area contributed by atoms with Crippen LogP contribution in [0.4, 0.5) is 0 Å². The van der Waals surface area contributed by atoms with E-state index in [0.717, 1.165) is 82.3 Å². The van der Waals surface area contributed by atoms with Gasteiger partial charge in [0, 0.05) is 64.4 Å². The summed E-state index contributed by atoms with van der Waals surface area (Å²) in [6, 6.07) is 0.500. The highest BCUT2D eigenvalue weighted by atomic mass is 16.6.